The number of hydrogen-bond acceptors (Lipinski definition) is 2. The van der Waals surface area contributed by atoms with Crippen molar-refractivity contribution in [2.45, 2.75) is 19.6 Å². The van der Waals surface area contributed by atoms with E-state index < -0.39 is 0 Å². The standard InChI is InChI=1S/C13H18FNOS/c1-3-15(4-2)13(16)10-17-9-11-5-7-12(14)8-6-11/h5-8H,3-4,9-10H2,1-2H3. The third kappa shape index (κ3) is 4.77. The van der Waals surface area contributed by atoms with Crippen molar-refractivity contribution < 1.29 is 9.18 Å². The van der Waals surface area contributed by atoms with Crippen molar-refractivity contribution >= 4 is 17.7 Å². The molecule has 0 aliphatic heterocycles. The molecular formula is C13H18FNOS. The van der Waals surface area contributed by atoms with Gasteiger partial charge in [-0.05, 0) is 31.5 Å². The largest absolute Gasteiger partial charge is 0.343 e. The number of amides is 1. The van der Waals surface area contributed by atoms with Gasteiger partial charge in [-0.25, -0.2) is 4.39 Å². The Bertz CT molecular complexity index is 349. The van der Waals surface area contributed by atoms with Crippen molar-refractivity contribution in [1.29, 1.82) is 0 Å². The highest BCUT2D eigenvalue weighted by Gasteiger charge is 2.08. The van der Waals surface area contributed by atoms with E-state index in [1.165, 1.54) is 12.1 Å². The van der Waals surface area contributed by atoms with Gasteiger partial charge in [0, 0.05) is 18.8 Å². The molecule has 1 aromatic rings. The van der Waals surface area contributed by atoms with Crippen molar-refractivity contribution in [1.82, 2.24) is 4.90 Å². The van der Waals surface area contributed by atoms with Gasteiger partial charge < -0.3 is 4.90 Å². The second kappa shape index (κ2) is 7.33. The van der Waals surface area contributed by atoms with Gasteiger partial charge in [-0.3, -0.25) is 4.79 Å². The lowest BCUT2D eigenvalue weighted by atomic mass is 10.2. The number of halogens is 1. The predicted octanol–water partition coefficient (Wildman–Crippen LogP) is 2.93. The summed E-state index contributed by atoms with van der Waals surface area (Å²) in [6, 6.07) is 6.40. The van der Waals surface area contributed by atoms with Crippen molar-refractivity contribution in [2.75, 3.05) is 18.8 Å². The Morgan fingerprint density at radius 1 is 1.24 bits per heavy atom. The zero-order valence-electron chi connectivity index (χ0n) is 10.3. The van der Waals surface area contributed by atoms with Crippen LogP contribution >= 0.6 is 11.8 Å². The van der Waals surface area contributed by atoms with E-state index in [2.05, 4.69) is 0 Å². The molecule has 0 N–H and O–H groups in total. The highest BCUT2D eigenvalue weighted by Crippen LogP contribution is 2.13. The Morgan fingerprint density at radius 3 is 2.35 bits per heavy atom. The summed E-state index contributed by atoms with van der Waals surface area (Å²) in [5.74, 6) is 1.17. The molecule has 0 aromatic heterocycles. The van der Waals surface area contributed by atoms with Crippen LogP contribution in [-0.4, -0.2) is 29.6 Å². The van der Waals surface area contributed by atoms with Crippen LogP contribution in [0.1, 0.15) is 19.4 Å². The zero-order chi connectivity index (χ0) is 12.7. The number of rotatable bonds is 6. The average molecular weight is 255 g/mol. The molecule has 4 heteroatoms. The summed E-state index contributed by atoms with van der Waals surface area (Å²) in [6.07, 6.45) is 0. The average Bonchev–Trinajstić information content (AvgIpc) is 2.33. The summed E-state index contributed by atoms with van der Waals surface area (Å²) in [6.45, 7) is 5.47. The first-order valence-corrected chi connectivity index (χ1v) is 6.92. The van der Waals surface area contributed by atoms with Gasteiger partial charge in [-0.1, -0.05) is 12.1 Å². The highest BCUT2D eigenvalue weighted by atomic mass is 32.2. The Labute approximate surface area is 106 Å². The normalized spacial score (nSPS) is 10.3. The molecule has 94 valence electrons. The zero-order valence-corrected chi connectivity index (χ0v) is 11.1. The molecular weight excluding hydrogens is 237 g/mol. The van der Waals surface area contributed by atoms with E-state index in [9.17, 15) is 9.18 Å². The van der Waals surface area contributed by atoms with E-state index in [4.69, 9.17) is 0 Å². The fourth-order valence-corrected chi connectivity index (χ4v) is 2.39. The molecule has 0 aliphatic carbocycles. The first kappa shape index (κ1) is 14.0. The minimum atomic E-state index is -0.224. The lowest BCUT2D eigenvalue weighted by Crippen LogP contribution is -2.31. The fraction of sp³-hybridized carbons (Fsp3) is 0.462. The topological polar surface area (TPSA) is 20.3 Å². The molecule has 0 aliphatic rings. The molecule has 0 saturated heterocycles. The number of carbonyl (C=O) groups excluding carboxylic acids is 1. The molecule has 2 nitrogen and oxygen atoms in total. The minimum absolute atomic E-state index is 0.169. The first-order valence-electron chi connectivity index (χ1n) is 5.77. The van der Waals surface area contributed by atoms with Gasteiger partial charge >= 0.3 is 0 Å². The van der Waals surface area contributed by atoms with Crippen LogP contribution in [0.4, 0.5) is 4.39 Å². The van der Waals surface area contributed by atoms with Crippen molar-refractivity contribution in [2.24, 2.45) is 0 Å². The first-order chi connectivity index (χ1) is 8.17. The predicted molar refractivity (Wildman–Crippen MR) is 70.5 cm³/mol. The summed E-state index contributed by atoms with van der Waals surface area (Å²) in [5, 5.41) is 0. The summed E-state index contributed by atoms with van der Waals surface area (Å²) in [7, 11) is 0. The smallest absolute Gasteiger partial charge is 0.232 e. The van der Waals surface area contributed by atoms with Crippen LogP contribution < -0.4 is 0 Å². The van der Waals surface area contributed by atoms with Crippen LogP contribution in [-0.2, 0) is 10.5 Å². The van der Waals surface area contributed by atoms with Gasteiger partial charge in [0.05, 0.1) is 5.75 Å². The number of nitrogens with zero attached hydrogens (tertiary/aromatic N) is 1. The molecule has 0 radical (unpaired) electrons. The second-order valence-corrected chi connectivity index (χ2v) is 4.67. The van der Waals surface area contributed by atoms with Crippen molar-refractivity contribution in [3.05, 3.63) is 35.6 Å². The maximum Gasteiger partial charge on any atom is 0.232 e. The van der Waals surface area contributed by atoms with E-state index in [-0.39, 0.29) is 11.7 Å². The maximum absolute atomic E-state index is 12.7. The number of carbonyl (C=O) groups is 1. The third-order valence-corrected chi connectivity index (χ3v) is 3.51. The van der Waals surface area contributed by atoms with Crippen molar-refractivity contribution in [3.63, 3.8) is 0 Å². The lowest BCUT2D eigenvalue weighted by molar-refractivity contribution is -0.127. The molecule has 1 rings (SSSR count). The number of benzene rings is 1. The SMILES string of the molecule is CCN(CC)C(=O)CSCc1ccc(F)cc1. The van der Waals surface area contributed by atoms with Crippen LogP contribution in [0.15, 0.2) is 24.3 Å². The van der Waals surface area contributed by atoms with Gasteiger partial charge in [-0.15, -0.1) is 11.8 Å². The third-order valence-electron chi connectivity index (χ3n) is 2.52. The Hall–Kier alpha value is -1.03. The number of hydrogen-bond donors (Lipinski definition) is 0. The summed E-state index contributed by atoms with van der Waals surface area (Å²) in [5.41, 5.74) is 1.05. The summed E-state index contributed by atoms with van der Waals surface area (Å²) in [4.78, 5) is 13.5. The number of thioether (sulfide) groups is 1. The molecule has 17 heavy (non-hydrogen) atoms. The van der Waals surface area contributed by atoms with Crippen LogP contribution in [0.25, 0.3) is 0 Å². The van der Waals surface area contributed by atoms with Gasteiger partial charge in [0.15, 0.2) is 0 Å². The van der Waals surface area contributed by atoms with E-state index in [0.717, 1.165) is 24.4 Å². The molecule has 1 amide bonds. The highest BCUT2D eigenvalue weighted by molar-refractivity contribution is 7.99. The molecule has 0 atom stereocenters. The fourth-order valence-electron chi connectivity index (χ4n) is 1.50. The molecule has 0 heterocycles. The second-order valence-electron chi connectivity index (χ2n) is 3.69. The van der Waals surface area contributed by atoms with E-state index >= 15 is 0 Å². The molecule has 0 saturated carbocycles. The summed E-state index contributed by atoms with van der Waals surface area (Å²) >= 11 is 1.57. The van der Waals surface area contributed by atoms with E-state index in [1.807, 2.05) is 18.7 Å². The molecule has 0 spiro atoms. The van der Waals surface area contributed by atoms with Crippen molar-refractivity contribution in [3.8, 4) is 0 Å². The van der Waals surface area contributed by atoms with E-state index in [0.29, 0.717) is 5.75 Å². The quantitative estimate of drug-likeness (QED) is 0.779. The van der Waals surface area contributed by atoms with Crippen LogP contribution in [0.2, 0.25) is 0 Å². The van der Waals surface area contributed by atoms with E-state index in [1.54, 1.807) is 23.9 Å². The minimum Gasteiger partial charge on any atom is -0.343 e. The van der Waals surface area contributed by atoms with Gasteiger partial charge in [0.1, 0.15) is 5.82 Å². The van der Waals surface area contributed by atoms with Gasteiger partial charge in [0.2, 0.25) is 5.91 Å². The van der Waals surface area contributed by atoms with Gasteiger partial charge in [0.25, 0.3) is 0 Å². The Morgan fingerprint density at radius 2 is 1.82 bits per heavy atom. The monoisotopic (exact) mass is 255 g/mol. The van der Waals surface area contributed by atoms with Crippen LogP contribution in [0.5, 0.6) is 0 Å². The maximum atomic E-state index is 12.7. The van der Waals surface area contributed by atoms with Crippen LogP contribution in [0, 0.1) is 5.82 Å². The van der Waals surface area contributed by atoms with Gasteiger partial charge in [-0.2, -0.15) is 0 Å². The van der Waals surface area contributed by atoms with Crippen LogP contribution in [0.3, 0.4) is 0 Å². The lowest BCUT2D eigenvalue weighted by Gasteiger charge is -2.18. The molecule has 0 unspecified atom stereocenters. The molecule has 1 aromatic carbocycles. The Balaban J connectivity index is 2.32. The summed E-state index contributed by atoms with van der Waals surface area (Å²) < 4.78 is 12.7. The Kier molecular flexibility index (Phi) is 6.05. The molecule has 0 bridgehead atoms. The molecule has 0 fully saturated rings.